The number of hydrogen-bond donors (Lipinski definition) is 2. The van der Waals surface area contributed by atoms with E-state index in [0.29, 0.717) is 5.76 Å². The van der Waals surface area contributed by atoms with Crippen molar-refractivity contribution >= 4 is 10.0 Å². The highest BCUT2D eigenvalue weighted by atomic mass is 32.2. The summed E-state index contributed by atoms with van der Waals surface area (Å²) >= 11 is 0. The Morgan fingerprint density at radius 2 is 2.00 bits per heavy atom. The van der Waals surface area contributed by atoms with Gasteiger partial charge in [0.1, 0.15) is 5.76 Å². The third-order valence-electron chi connectivity index (χ3n) is 2.28. The average molecular weight is 300 g/mol. The number of rotatable bonds is 7. The first-order valence-electron chi connectivity index (χ1n) is 5.54. The van der Waals surface area contributed by atoms with E-state index in [4.69, 9.17) is 4.42 Å². The Kier molecular flexibility index (Phi) is 5.39. The van der Waals surface area contributed by atoms with Crippen molar-refractivity contribution in [1.82, 2.24) is 10.0 Å². The van der Waals surface area contributed by atoms with Crippen LogP contribution in [0, 0.1) is 0 Å². The number of nitrogens with one attached hydrogen (secondary N) is 2. The van der Waals surface area contributed by atoms with E-state index in [1.165, 1.54) is 19.2 Å². The summed E-state index contributed by atoms with van der Waals surface area (Å²) in [4.78, 5) is 0. The summed E-state index contributed by atoms with van der Waals surface area (Å²) in [6.45, 7) is 0.353. The molecule has 110 valence electrons. The summed E-state index contributed by atoms with van der Waals surface area (Å²) in [5.74, 6) is 0.348. The van der Waals surface area contributed by atoms with Gasteiger partial charge in [-0.05, 0) is 32.1 Å². The van der Waals surface area contributed by atoms with Crippen molar-refractivity contribution < 1.29 is 26.0 Å². The first kappa shape index (κ1) is 16.0. The maximum Gasteiger partial charge on any atom is 0.389 e. The lowest BCUT2D eigenvalue weighted by Gasteiger charge is -2.06. The zero-order valence-electron chi connectivity index (χ0n) is 10.3. The van der Waals surface area contributed by atoms with Crippen molar-refractivity contribution in [2.24, 2.45) is 0 Å². The molecule has 1 rings (SSSR count). The van der Waals surface area contributed by atoms with E-state index in [-0.39, 0.29) is 24.6 Å². The van der Waals surface area contributed by atoms with Crippen LogP contribution < -0.4 is 10.0 Å². The summed E-state index contributed by atoms with van der Waals surface area (Å²) in [5, 5.41) is 2.53. The molecule has 0 aliphatic heterocycles. The van der Waals surface area contributed by atoms with Crippen LogP contribution in [0.15, 0.2) is 21.6 Å². The first-order valence-corrected chi connectivity index (χ1v) is 7.02. The van der Waals surface area contributed by atoms with Crippen LogP contribution >= 0.6 is 0 Å². The molecule has 1 heterocycles. The molecule has 0 unspecified atom stereocenters. The van der Waals surface area contributed by atoms with Crippen LogP contribution in [-0.2, 0) is 16.6 Å². The van der Waals surface area contributed by atoms with Crippen LogP contribution in [0.4, 0.5) is 13.2 Å². The second-order valence-electron chi connectivity index (χ2n) is 3.82. The lowest BCUT2D eigenvalue weighted by atomic mass is 10.3. The van der Waals surface area contributed by atoms with Gasteiger partial charge in [0.05, 0.1) is 6.54 Å². The van der Waals surface area contributed by atoms with Gasteiger partial charge in [0.15, 0.2) is 0 Å². The molecular formula is C10H15F3N2O3S. The van der Waals surface area contributed by atoms with Gasteiger partial charge < -0.3 is 9.73 Å². The van der Waals surface area contributed by atoms with E-state index in [1.807, 2.05) is 0 Å². The fourth-order valence-electron chi connectivity index (χ4n) is 1.32. The Balaban J connectivity index is 2.36. The molecule has 0 aliphatic rings. The van der Waals surface area contributed by atoms with Crippen molar-refractivity contribution in [1.29, 1.82) is 0 Å². The summed E-state index contributed by atoms with van der Waals surface area (Å²) in [6, 6.07) is 2.75. The Labute approximate surface area is 109 Å². The maximum absolute atomic E-state index is 11.9. The summed E-state index contributed by atoms with van der Waals surface area (Å²) in [6.07, 6.45) is -5.04. The van der Waals surface area contributed by atoms with E-state index in [1.54, 1.807) is 0 Å². The van der Waals surface area contributed by atoms with Crippen LogP contribution in [0.1, 0.15) is 18.6 Å². The standard InChI is InChI=1S/C10H15F3N2O3S/c1-14-19(16,17)9-4-3-8(18-9)7-15-6-2-5-10(11,12)13/h3-4,14-15H,2,5-7H2,1H3. The van der Waals surface area contributed by atoms with Gasteiger partial charge in [-0.15, -0.1) is 0 Å². The lowest BCUT2D eigenvalue weighted by Crippen LogP contribution is -2.18. The minimum atomic E-state index is -4.15. The minimum Gasteiger partial charge on any atom is -0.447 e. The monoisotopic (exact) mass is 300 g/mol. The highest BCUT2D eigenvalue weighted by molar-refractivity contribution is 7.89. The molecule has 0 aliphatic carbocycles. The molecule has 9 heteroatoms. The third-order valence-corrected chi connectivity index (χ3v) is 3.57. The first-order chi connectivity index (χ1) is 8.74. The Morgan fingerprint density at radius 3 is 2.58 bits per heavy atom. The van der Waals surface area contributed by atoms with Crippen LogP contribution in [0.25, 0.3) is 0 Å². The normalized spacial score (nSPS) is 12.8. The van der Waals surface area contributed by atoms with Crippen molar-refractivity contribution in [2.75, 3.05) is 13.6 Å². The lowest BCUT2D eigenvalue weighted by molar-refractivity contribution is -0.135. The molecule has 2 N–H and O–H groups in total. The van der Waals surface area contributed by atoms with E-state index >= 15 is 0 Å². The summed E-state index contributed by atoms with van der Waals surface area (Å²) in [7, 11) is -2.37. The fraction of sp³-hybridized carbons (Fsp3) is 0.600. The van der Waals surface area contributed by atoms with Crippen LogP contribution in [0.5, 0.6) is 0 Å². The van der Waals surface area contributed by atoms with Gasteiger partial charge in [0, 0.05) is 6.42 Å². The number of sulfonamides is 1. The van der Waals surface area contributed by atoms with Crippen LogP contribution in [0.2, 0.25) is 0 Å². The molecule has 1 aromatic rings. The van der Waals surface area contributed by atoms with Gasteiger partial charge in [-0.1, -0.05) is 0 Å². The Morgan fingerprint density at radius 1 is 1.32 bits per heavy atom. The van der Waals surface area contributed by atoms with Gasteiger partial charge >= 0.3 is 6.18 Å². The number of hydrogen-bond acceptors (Lipinski definition) is 4. The zero-order valence-corrected chi connectivity index (χ0v) is 11.1. The number of alkyl halides is 3. The maximum atomic E-state index is 11.9. The van der Waals surface area contributed by atoms with E-state index < -0.39 is 22.6 Å². The quantitative estimate of drug-likeness (QED) is 0.751. The molecule has 1 aromatic heterocycles. The topological polar surface area (TPSA) is 71.3 Å². The highest BCUT2D eigenvalue weighted by Crippen LogP contribution is 2.20. The molecule has 0 saturated heterocycles. The minimum absolute atomic E-state index is 0.0358. The highest BCUT2D eigenvalue weighted by Gasteiger charge is 2.25. The zero-order chi connectivity index (χ0) is 14.5. The molecule has 0 atom stereocenters. The predicted octanol–water partition coefficient (Wildman–Crippen LogP) is 1.62. The van der Waals surface area contributed by atoms with E-state index in [2.05, 4.69) is 10.0 Å². The van der Waals surface area contributed by atoms with Crippen LogP contribution in [-0.4, -0.2) is 28.2 Å². The van der Waals surface area contributed by atoms with Crippen molar-refractivity contribution in [2.45, 2.75) is 30.7 Å². The molecule has 5 nitrogen and oxygen atoms in total. The third kappa shape index (κ3) is 5.62. The van der Waals surface area contributed by atoms with Gasteiger partial charge in [0.2, 0.25) is 5.09 Å². The Bertz CT molecular complexity index is 496. The largest absolute Gasteiger partial charge is 0.447 e. The molecule has 0 radical (unpaired) electrons. The molecule has 0 fully saturated rings. The van der Waals surface area contributed by atoms with Gasteiger partial charge in [-0.2, -0.15) is 13.2 Å². The molecule has 0 aromatic carbocycles. The van der Waals surface area contributed by atoms with Crippen molar-refractivity contribution in [3.05, 3.63) is 17.9 Å². The fourth-order valence-corrected chi connectivity index (χ4v) is 1.99. The van der Waals surface area contributed by atoms with Gasteiger partial charge in [0.25, 0.3) is 10.0 Å². The van der Waals surface area contributed by atoms with E-state index in [9.17, 15) is 21.6 Å². The number of halogens is 3. The molecule has 0 saturated carbocycles. The van der Waals surface area contributed by atoms with Gasteiger partial charge in [-0.3, -0.25) is 0 Å². The Hall–Kier alpha value is -1.06. The average Bonchev–Trinajstić information content (AvgIpc) is 2.76. The van der Waals surface area contributed by atoms with Gasteiger partial charge in [-0.25, -0.2) is 13.1 Å². The molecule has 0 spiro atoms. The number of furan rings is 1. The molecule has 19 heavy (non-hydrogen) atoms. The molecule has 0 amide bonds. The van der Waals surface area contributed by atoms with E-state index in [0.717, 1.165) is 0 Å². The summed E-state index contributed by atoms with van der Waals surface area (Å²) < 4.78 is 65.4. The second-order valence-corrected chi connectivity index (χ2v) is 5.64. The smallest absolute Gasteiger partial charge is 0.389 e. The van der Waals surface area contributed by atoms with Crippen molar-refractivity contribution in [3.8, 4) is 0 Å². The van der Waals surface area contributed by atoms with Crippen molar-refractivity contribution in [3.63, 3.8) is 0 Å². The molecule has 0 bridgehead atoms. The summed E-state index contributed by atoms with van der Waals surface area (Å²) in [5.41, 5.74) is 0. The molecular weight excluding hydrogens is 285 g/mol. The second kappa shape index (κ2) is 6.40. The SMILES string of the molecule is CNS(=O)(=O)c1ccc(CNCCCC(F)(F)F)o1. The van der Waals surface area contributed by atoms with Crippen LogP contribution in [0.3, 0.4) is 0 Å². The predicted molar refractivity (Wildman–Crippen MR) is 61.9 cm³/mol.